The molecule has 4 heteroatoms. The quantitative estimate of drug-likeness (QED) is 0.927. The van der Waals surface area contributed by atoms with Crippen molar-refractivity contribution in [2.45, 2.75) is 27.4 Å². The van der Waals surface area contributed by atoms with Crippen LogP contribution >= 0.6 is 11.6 Å². The standard InChI is InChI=1S/C15H17ClN2O/c1-9-4-5-14(12(16)6-9)19-8-13-11(3)15(17)10(2)7-18-13/h4-7H,8H2,1-3H3,(H2,17,18). The number of nitrogens with two attached hydrogens (primary N) is 1. The van der Waals surface area contributed by atoms with Gasteiger partial charge >= 0.3 is 0 Å². The molecule has 2 rings (SSSR count). The van der Waals surface area contributed by atoms with Gasteiger partial charge in [0.1, 0.15) is 12.4 Å². The van der Waals surface area contributed by atoms with E-state index in [-0.39, 0.29) is 0 Å². The Morgan fingerprint density at radius 3 is 2.68 bits per heavy atom. The van der Waals surface area contributed by atoms with Crippen molar-refractivity contribution in [2.75, 3.05) is 5.73 Å². The van der Waals surface area contributed by atoms with Gasteiger partial charge < -0.3 is 10.5 Å². The highest BCUT2D eigenvalue weighted by Gasteiger charge is 2.08. The number of aromatic nitrogens is 1. The van der Waals surface area contributed by atoms with Crippen molar-refractivity contribution in [3.63, 3.8) is 0 Å². The summed E-state index contributed by atoms with van der Waals surface area (Å²) in [7, 11) is 0. The van der Waals surface area contributed by atoms with Gasteiger partial charge in [-0.25, -0.2) is 0 Å². The van der Waals surface area contributed by atoms with Gasteiger partial charge in [-0.05, 0) is 49.6 Å². The molecule has 1 heterocycles. The zero-order valence-electron chi connectivity index (χ0n) is 11.3. The molecule has 19 heavy (non-hydrogen) atoms. The summed E-state index contributed by atoms with van der Waals surface area (Å²) in [5.74, 6) is 0.660. The Labute approximate surface area is 118 Å². The van der Waals surface area contributed by atoms with Crippen LogP contribution in [0.15, 0.2) is 24.4 Å². The largest absolute Gasteiger partial charge is 0.486 e. The molecule has 0 aliphatic rings. The molecule has 0 unspecified atom stereocenters. The van der Waals surface area contributed by atoms with E-state index in [1.165, 1.54) is 0 Å². The molecule has 2 aromatic rings. The number of nitrogen functional groups attached to an aromatic ring is 1. The fraction of sp³-hybridized carbons (Fsp3) is 0.267. The van der Waals surface area contributed by atoms with Crippen LogP contribution in [-0.4, -0.2) is 4.98 Å². The van der Waals surface area contributed by atoms with Crippen molar-refractivity contribution in [3.05, 3.63) is 51.8 Å². The monoisotopic (exact) mass is 276 g/mol. The van der Waals surface area contributed by atoms with Crippen LogP contribution in [0.4, 0.5) is 5.69 Å². The molecule has 1 aromatic carbocycles. The van der Waals surface area contributed by atoms with Crippen LogP contribution in [0.3, 0.4) is 0 Å². The third-order valence-corrected chi connectivity index (χ3v) is 3.42. The van der Waals surface area contributed by atoms with E-state index >= 15 is 0 Å². The Hall–Kier alpha value is -1.74. The lowest BCUT2D eigenvalue weighted by Gasteiger charge is -2.12. The first kappa shape index (κ1) is 13.7. The maximum absolute atomic E-state index is 6.12. The number of hydrogen-bond donors (Lipinski definition) is 1. The van der Waals surface area contributed by atoms with Gasteiger partial charge in [-0.1, -0.05) is 17.7 Å². The summed E-state index contributed by atoms with van der Waals surface area (Å²) in [6.07, 6.45) is 1.76. The first-order valence-electron chi connectivity index (χ1n) is 6.08. The smallest absolute Gasteiger partial charge is 0.138 e. The molecule has 100 valence electrons. The molecule has 1 aromatic heterocycles. The predicted molar refractivity (Wildman–Crippen MR) is 78.6 cm³/mol. The first-order chi connectivity index (χ1) is 8.99. The van der Waals surface area contributed by atoms with Gasteiger partial charge in [0, 0.05) is 11.9 Å². The van der Waals surface area contributed by atoms with Crippen LogP contribution in [0, 0.1) is 20.8 Å². The fourth-order valence-electron chi connectivity index (χ4n) is 1.81. The Bertz CT molecular complexity index is 611. The minimum Gasteiger partial charge on any atom is -0.486 e. The summed E-state index contributed by atoms with van der Waals surface area (Å²) in [6.45, 7) is 6.24. The van der Waals surface area contributed by atoms with Gasteiger partial charge in [0.05, 0.1) is 10.7 Å². The minimum absolute atomic E-state index is 0.360. The lowest BCUT2D eigenvalue weighted by Crippen LogP contribution is -2.05. The number of halogens is 1. The van der Waals surface area contributed by atoms with Gasteiger partial charge in [0.2, 0.25) is 0 Å². The molecule has 0 aliphatic carbocycles. The van der Waals surface area contributed by atoms with E-state index in [1.807, 2.05) is 39.0 Å². The van der Waals surface area contributed by atoms with E-state index in [0.29, 0.717) is 17.4 Å². The fourth-order valence-corrected chi connectivity index (χ4v) is 2.10. The van der Waals surface area contributed by atoms with Crippen molar-refractivity contribution >= 4 is 17.3 Å². The summed E-state index contributed by atoms with van der Waals surface area (Å²) in [4.78, 5) is 4.35. The van der Waals surface area contributed by atoms with Crippen LogP contribution in [0.2, 0.25) is 5.02 Å². The number of aryl methyl sites for hydroxylation is 2. The Kier molecular flexibility index (Phi) is 3.96. The van der Waals surface area contributed by atoms with Crippen LogP contribution in [0.1, 0.15) is 22.4 Å². The summed E-state index contributed by atoms with van der Waals surface area (Å²) >= 11 is 6.12. The number of ether oxygens (including phenoxy) is 1. The van der Waals surface area contributed by atoms with Crippen LogP contribution in [-0.2, 0) is 6.61 Å². The van der Waals surface area contributed by atoms with Crippen LogP contribution < -0.4 is 10.5 Å². The van der Waals surface area contributed by atoms with Gasteiger partial charge in [-0.2, -0.15) is 0 Å². The Balaban J connectivity index is 2.17. The number of anilines is 1. The zero-order chi connectivity index (χ0) is 14.0. The number of nitrogens with zero attached hydrogens (tertiary/aromatic N) is 1. The van der Waals surface area contributed by atoms with Crippen LogP contribution in [0.25, 0.3) is 0 Å². The molecule has 0 atom stereocenters. The third-order valence-electron chi connectivity index (χ3n) is 3.13. The normalized spacial score (nSPS) is 10.5. The minimum atomic E-state index is 0.360. The van der Waals surface area contributed by atoms with Crippen molar-refractivity contribution in [1.82, 2.24) is 4.98 Å². The van der Waals surface area contributed by atoms with Crippen molar-refractivity contribution in [1.29, 1.82) is 0 Å². The number of rotatable bonds is 3. The summed E-state index contributed by atoms with van der Waals surface area (Å²) in [5, 5.41) is 0.609. The maximum Gasteiger partial charge on any atom is 0.138 e. The highest BCUT2D eigenvalue weighted by molar-refractivity contribution is 6.32. The molecular formula is C15H17ClN2O. The summed E-state index contributed by atoms with van der Waals surface area (Å²) in [6, 6.07) is 5.70. The highest BCUT2D eigenvalue weighted by Crippen LogP contribution is 2.26. The second kappa shape index (κ2) is 5.49. The first-order valence-corrected chi connectivity index (χ1v) is 6.46. The van der Waals surface area contributed by atoms with Gasteiger partial charge in [0.15, 0.2) is 0 Å². The van der Waals surface area contributed by atoms with E-state index < -0.39 is 0 Å². The average Bonchev–Trinajstić information content (AvgIpc) is 2.37. The number of pyridine rings is 1. The van der Waals surface area contributed by atoms with E-state index in [4.69, 9.17) is 22.1 Å². The van der Waals surface area contributed by atoms with Crippen LogP contribution in [0.5, 0.6) is 5.75 Å². The lowest BCUT2D eigenvalue weighted by atomic mass is 10.1. The molecule has 0 fully saturated rings. The second-order valence-electron chi connectivity index (χ2n) is 4.65. The lowest BCUT2D eigenvalue weighted by molar-refractivity contribution is 0.300. The molecule has 3 nitrogen and oxygen atoms in total. The molecule has 0 bridgehead atoms. The number of benzene rings is 1. The molecular weight excluding hydrogens is 260 g/mol. The third kappa shape index (κ3) is 2.99. The predicted octanol–water partition coefficient (Wildman–Crippen LogP) is 3.82. The van der Waals surface area contributed by atoms with Gasteiger partial charge in [-0.15, -0.1) is 0 Å². The van der Waals surface area contributed by atoms with Crippen molar-refractivity contribution < 1.29 is 4.74 Å². The van der Waals surface area contributed by atoms with E-state index in [2.05, 4.69) is 4.98 Å². The van der Waals surface area contributed by atoms with E-state index in [1.54, 1.807) is 6.20 Å². The molecule has 0 aliphatic heterocycles. The van der Waals surface area contributed by atoms with E-state index in [9.17, 15) is 0 Å². The molecule has 0 amide bonds. The van der Waals surface area contributed by atoms with Gasteiger partial charge in [-0.3, -0.25) is 4.98 Å². The summed E-state index contributed by atoms with van der Waals surface area (Å²) < 4.78 is 5.70. The molecule has 0 radical (unpaired) electrons. The number of hydrogen-bond acceptors (Lipinski definition) is 3. The second-order valence-corrected chi connectivity index (χ2v) is 5.06. The molecule has 0 saturated heterocycles. The topological polar surface area (TPSA) is 48.1 Å². The molecule has 2 N–H and O–H groups in total. The van der Waals surface area contributed by atoms with Gasteiger partial charge in [0.25, 0.3) is 0 Å². The average molecular weight is 277 g/mol. The summed E-state index contributed by atoms with van der Waals surface area (Å²) in [5.41, 5.74) is 10.6. The Morgan fingerprint density at radius 2 is 2.00 bits per heavy atom. The molecule has 0 spiro atoms. The highest BCUT2D eigenvalue weighted by atomic mass is 35.5. The maximum atomic E-state index is 6.12. The SMILES string of the molecule is Cc1ccc(OCc2ncc(C)c(N)c2C)c(Cl)c1. The zero-order valence-corrected chi connectivity index (χ0v) is 12.1. The Morgan fingerprint density at radius 1 is 1.26 bits per heavy atom. The van der Waals surface area contributed by atoms with Crippen molar-refractivity contribution in [3.8, 4) is 5.75 Å². The molecule has 0 saturated carbocycles. The van der Waals surface area contributed by atoms with E-state index in [0.717, 1.165) is 28.1 Å². The van der Waals surface area contributed by atoms with Crippen molar-refractivity contribution in [2.24, 2.45) is 0 Å².